The number of rotatable bonds is 4. The van der Waals surface area contributed by atoms with Crippen molar-refractivity contribution in [1.82, 2.24) is 4.90 Å². The van der Waals surface area contributed by atoms with Gasteiger partial charge in [0.2, 0.25) is 0 Å². The Balaban J connectivity index is 1.51. The van der Waals surface area contributed by atoms with Crippen LogP contribution >= 0.6 is 11.8 Å². The van der Waals surface area contributed by atoms with Crippen LogP contribution in [-0.4, -0.2) is 30.3 Å². The first-order chi connectivity index (χ1) is 8.31. The minimum absolute atomic E-state index is 0.775. The Morgan fingerprint density at radius 1 is 1.24 bits per heavy atom. The van der Waals surface area contributed by atoms with Crippen molar-refractivity contribution in [3.8, 4) is 0 Å². The molecule has 1 aromatic rings. The summed E-state index contributed by atoms with van der Waals surface area (Å²) < 4.78 is 0. The number of benzene rings is 1. The molecule has 1 saturated carbocycles. The molecule has 0 amide bonds. The number of nitrogens with zero attached hydrogens (tertiary/aromatic N) is 1. The van der Waals surface area contributed by atoms with Crippen LogP contribution in [0.2, 0.25) is 0 Å². The van der Waals surface area contributed by atoms with E-state index >= 15 is 0 Å². The highest BCUT2D eigenvalue weighted by molar-refractivity contribution is 8.00. The standard InChI is InChI=1S/C15H21NS/c1-16(10-12-5-4-6-12)11-14-9-13-7-2-3-8-15(13)17-14/h2-3,7-8,12,14H,4-6,9-11H2,1H3. The Kier molecular flexibility index (Phi) is 3.44. The monoisotopic (exact) mass is 247 g/mol. The van der Waals surface area contributed by atoms with Crippen molar-refractivity contribution in [2.75, 3.05) is 20.1 Å². The largest absolute Gasteiger partial charge is 0.305 e. The lowest BCUT2D eigenvalue weighted by Gasteiger charge is -2.31. The normalized spacial score (nSPS) is 23.8. The van der Waals surface area contributed by atoms with E-state index in [-0.39, 0.29) is 0 Å². The summed E-state index contributed by atoms with van der Waals surface area (Å²) in [5.41, 5.74) is 1.56. The van der Waals surface area contributed by atoms with E-state index in [2.05, 4.69) is 48.0 Å². The molecular weight excluding hydrogens is 226 g/mol. The summed E-state index contributed by atoms with van der Waals surface area (Å²) >= 11 is 2.08. The van der Waals surface area contributed by atoms with Crippen LogP contribution in [-0.2, 0) is 6.42 Å². The summed E-state index contributed by atoms with van der Waals surface area (Å²) in [6, 6.07) is 8.88. The summed E-state index contributed by atoms with van der Waals surface area (Å²) in [4.78, 5) is 4.06. The van der Waals surface area contributed by atoms with Crippen molar-refractivity contribution in [2.45, 2.75) is 35.8 Å². The van der Waals surface area contributed by atoms with Crippen molar-refractivity contribution in [3.05, 3.63) is 29.8 Å². The second-order valence-corrected chi connectivity index (χ2v) is 6.91. The Hall–Kier alpha value is -0.470. The zero-order valence-electron chi connectivity index (χ0n) is 10.6. The highest BCUT2D eigenvalue weighted by atomic mass is 32.2. The van der Waals surface area contributed by atoms with Gasteiger partial charge in [-0.15, -0.1) is 11.8 Å². The van der Waals surface area contributed by atoms with Crippen molar-refractivity contribution < 1.29 is 0 Å². The summed E-state index contributed by atoms with van der Waals surface area (Å²) in [5.74, 6) is 0.994. The van der Waals surface area contributed by atoms with Crippen molar-refractivity contribution in [1.29, 1.82) is 0 Å². The third kappa shape index (κ3) is 2.69. The number of hydrogen-bond donors (Lipinski definition) is 0. The maximum absolute atomic E-state index is 2.55. The predicted octanol–water partition coefficient (Wildman–Crippen LogP) is 3.44. The molecule has 1 heterocycles. The van der Waals surface area contributed by atoms with Gasteiger partial charge in [0, 0.05) is 23.2 Å². The molecule has 0 bridgehead atoms. The predicted molar refractivity (Wildman–Crippen MR) is 74.6 cm³/mol. The van der Waals surface area contributed by atoms with Crippen LogP contribution < -0.4 is 0 Å². The van der Waals surface area contributed by atoms with Crippen LogP contribution in [0.5, 0.6) is 0 Å². The quantitative estimate of drug-likeness (QED) is 0.802. The Morgan fingerprint density at radius 2 is 2.06 bits per heavy atom. The molecule has 0 saturated heterocycles. The molecule has 1 aliphatic heterocycles. The fourth-order valence-corrected chi connectivity index (χ4v) is 4.30. The molecule has 1 fully saturated rings. The van der Waals surface area contributed by atoms with E-state index in [1.54, 1.807) is 5.56 Å². The molecule has 1 aliphatic carbocycles. The van der Waals surface area contributed by atoms with Gasteiger partial charge in [0.25, 0.3) is 0 Å². The topological polar surface area (TPSA) is 3.24 Å². The van der Waals surface area contributed by atoms with Gasteiger partial charge in [-0.1, -0.05) is 24.6 Å². The second-order valence-electron chi connectivity index (χ2n) is 5.57. The third-order valence-corrected chi connectivity index (χ3v) is 5.33. The van der Waals surface area contributed by atoms with Gasteiger partial charge in [0.1, 0.15) is 0 Å². The van der Waals surface area contributed by atoms with E-state index in [0.717, 1.165) is 11.2 Å². The minimum atomic E-state index is 0.775. The van der Waals surface area contributed by atoms with Crippen LogP contribution in [0.4, 0.5) is 0 Å². The Bertz CT molecular complexity index is 361. The van der Waals surface area contributed by atoms with Gasteiger partial charge in [0.05, 0.1) is 0 Å². The van der Waals surface area contributed by atoms with Crippen molar-refractivity contribution in [2.24, 2.45) is 5.92 Å². The average Bonchev–Trinajstić information content (AvgIpc) is 2.65. The highest BCUT2D eigenvalue weighted by Gasteiger charge is 2.25. The van der Waals surface area contributed by atoms with Gasteiger partial charge in [-0.25, -0.2) is 0 Å². The summed E-state index contributed by atoms with van der Waals surface area (Å²) in [6.45, 7) is 2.56. The number of fused-ring (bicyclic) bond motifs is 1. The van der Waals surface area contributed by atoms with E-state index in [1.165, 1.54) is 43.7 Å². The van der Waals surface area contributed by atoms with Crippen LogP contribution in [0, 0.1) is 5.92 Å². The Morgan fingerprint density at radius 3 is 2.76 bits per heavy atom. The molecule has 0 radical (unpaired) electrons. The molecular formula is C15H21NS. The minimum Gasteiger partial charge on any atom is -0.305 e. The molecule has 1 aromatic carbocycles. The van der Waals surface area contributed by atoms with Crippen molar-refractivity contribution in [3.63, 3.8) is 0 Å². The van der Waals surface area contributed by atoms with Crippen molar-refractivity contribution >= 4 is 11.8 Å². The van der Waals surface area contributed by atoms with Gasteiger partial charge in [0.15, 0.2) is 0 Å². The molecule has 1 nitrogen and oxygen atoms in total. The van der Waals surface area contributed by atoms with Gasteiger partial charge in [-0.2, -0.15) is 0 Å². The smallest absolute Gasteiger partial charge is 0.0263 e. The fourth-order valence-electron chi connectivity index (χ4n) is 2.89. The van der Waals surface area contributed by atoms with Crippen LogP contribution in [0.15, 0.2) is 29.2 Å². The van der Waals surface area contributed by atoms with Crippen LogP contribution in [0.3, 0.4) is 0 Å². The van der Waals surface area contributed by atoms with Crippen LogP contribution in [0.1, 0.15) is 24.8 Å². The first-order valence-electron chi connectivity index (χ1n) is 6.74. The lowest BCUT2D eigenvalue weighted by molar-refractivity contribution is 0.206. The summed E-state index contributed by atoms with van der Waals surface area (Å²) in [6.07, 6.45) is 5.64. The maximum Gasteiger partial charge on any atom is 0.0263 e. The maximum atomic E-state index is 2.55. The van der Waals surface area contributed by atoms with E-state index in [0.29, 0.717) is 0 Å². The molecule has 1 atom stereocenters. The molecule has 3 rings (SSSR count). The number of hydrogen-bond acceptors (Lipinski definition) is 2. The number of thioether (sulfide) groups is 1. The van der Waals surface area contributed by atoms with E-state index < -0.39 is 0 Å². The second kappa shape index (κ2) is 5.03. The average molecular weight is 247 g/mol. The molecule has 1 unspecified atom stereocenters. The third-order valence-electron chi connectivity index (χ3n) is 4.02. The molecule has 17 heavy (non-hydrogen) atoms. The molecule has 92 valence electrons. The molecule has 0 spiro atoms. The first-order valence-corrected chi connectivity index (χ1v) is 7.62. The molecule has 0 aromatic heterocycles. The fraction of sp³-hybridized carbons (Fsp3) is 0.600. The van der Waals surface area contributed by atoms with E-state index in [4.69, 9.17) is 0 Å². The van der Waals surface area contributed by atoms with Gasteiger partial charge < -0.3 is 4.90 Å². The summed E-state index contributed by atoms with van der Waals surface area (Å²) in [5, 5.41) is 0.775. The van der Waals surface area contributed by atoms with Crippen LogP contribution in [0.25, 0.3) is 0 Å². The molecule has 2 aliphatic rings. The van der Waals surface area contributed by atoms with E-state index in [9.17, 15) is 0 Å². The molecule has 0 N–H and O–H groups in total. The lowest BCUT2D eigenvalue weighted by Crippen LogP contribution is -2.34. The lowest BCUT2D eigenvalue weighted by atomic mass is 9.85. The first kappa shape index (κ1) is 11.6. The molecule has 2 heteroatoms. The zero-order valence-corrected chi connectivity index (χ0v) is 11.4. The van der Waals surface area contributed by atoms with Gasteiger partial charge in [-0.05, 0) is 43.9 Å². The highest BCUT2D eigenvalue weighted by Crippen LogP contribution is 2.37. The van der Waals surface area contributed by atoms with E-state index in [1.807, 2.05) is 0 Å². The SMILES string of the molecule is CN(CC1CCC1)CC1Cc2ccccc2S1. The van der Waals surface area contributed by atoms with Gasteiger partial charge >= 0.3 is 0 Å². The summed E-state index contributed by atoms with van der Waals surface area (Å²) in [7, 11) is 2.29. The zero-order chi connectivity index (χ0) is 11.7. The Labute approximate surface area is 109 Å². The van der Waals surface area contributed by atoms with Gasteiger partial charge in [-0.3, -0.25) is 0 Å².